The fourth-order valence-corrected chi connectivity index (χ4v) is 5.17. The lowest BCUT2D eigenvalue weighted by Gasteiger charge is -2.09. The Morgan fingerprint density at radius 3 is 1.82 bits per heavy atom. The summed E-state index contributed by atoms with van der Waals surface area (Å²) >= 11 is 0. The van der Waals surface area contributed by atoms with Crippen LogP contribution < -0.4 is 16.0 Å². The summed E-state index contributed by atoms with van der Waals surface area (Å²) < 4.78 is 0. The van der Waals surface area contributed by atoms with Gasteiger partial charge in [-0.15, -0.1) is 0 Å². The molecule has 0 radical (unpaired) electrons. The van der Waals surface area contributed by atoms with Crippen molar-refractivity contribution < 1.29 is 14.7 Å². The number of carboxylic acids is 1. The molecule has 6 N–H and O–H groups in total. The van der Waals surface area contributed by atoms with Crippen LogP contribution in [0.5, 0.6) is 0 Å². The summed E-state index contributed by atoms with van der Waals surface area (Å²) in [5, 5.41) is 19.5. The minimum absolute atomic E-state index is 0.0626. The van der Waals surface area contributed by atoms with Crippen molar-refractivity contribution in [2.45, 2.75) is 13.1 Å². The number of nitrogens with zero attached hydrogens (tertiary/aromatic N) is 9. The summed E-state index contributed by atoms with van der Waals surface area (Å²) in [6.07, 6.45) is 10.0. The molecule has 0 atom stereocenters. The lowest BCUT2D eigenvalue weighted by Crippen LogP contribution is -2.31. The number of aromatic carboxylic acids is 1. The Bertz CT molecular complexity index is 2270. The van der Waals surface area contributed by atoms with Crippen LogP contribution in [0, 0.1) is 0 Å². The number of carbonyl (C=O) groups is 2. The fourth-order valence-electron chi connectivity index (χ4n) is 5.17. The molecule has 0 saturated carbocycles. The molecule has 8 heterocycles. The number of amides is 1. The van der Waals surface area contributed by atoms with Gasteiger partial charge in [-0.3, -0.25) is 14.8 Å². The molecule has 1 amide bonds. The van der Waals surface area contributed by atoms with Crippen molar-refractivity contribution in [1.82, 2.24) is 50.1 Å². The van der Waals surface area contributed by atoms with Crippen molar-refractivity contribution in [3.05, 3.63) is 83.0 Å². The van der Waals surface area contributed by atoms with Gasteiger partial charge in [-0.25, -0.2) is 34.7 Å². The first-order valence-electron chi connectivity index (χ1n) is 15.2. The molecule has 0 spiro atoms. The molecular formula is C32H30N14O3. The molecule has 2 aliphatic rings. The number of hydrogen-bond acceptors (Lipinski definition) is 13. The normalized spacial score (nSPS) is 12.6. The van der Waals surface area contributed by atoms with Crippen LogP contribution >= 0.6 is 0 Å². The molecule has 6 aromatic heterocycles. The van der Waals surface area contributed by atoms with E-state index < -0.39 is 5.97 Å². The fraction of sp³-hybridized carbons (Fsp3) is 0.188. The third-order valence-corrected chi connectivity index (χ3v) is 7.69. The van der Waals surface area contributed by atoms with Gasteiger partial charge in [0, 0.05) is 60.2 Å². The summed E-state index contributed by atoms with van der Waals surface area (Å²) in [5.74, 6) is 1.15. The molecule has 0 fully saturated rings. The maximum atomic E-state index is 12.3. The van der Waals surface area contributed by atoms with Crippen LogP contribution in [0.4, 0.5) is 23.3 Å². The van der Waals surface area contributed by atoms with Crippen LogP contribution in [0.2, 0.25) is 0 Å². The first-order valence-corrected chi connectivity index (χ1v) is 15.2. The van der Waals surface area contributed by atoms with E-state index in [1.54, 1.807) is 18.5 Å². The first-order chi connectivity index (χ1) is 23.8. The van der Waals surface area contributed by atoms with Crippen LogP contribution in [0.1, 0.15) is 43.2 Å². The van der Waals surface area contributed by atoms with Crippen LogP contribution in [0.15, 0.2) is 59.3 Å². The zero-order chi connectivity index (χ0) is 33.9. The van der Waals surface area contributed by atoms with Gasteiger partial charge in [-0.05, 0) is 38.4 Å². The van der Waals surface area contributed by atoms with Gasteiger partial charge in [0.15, 0.2) is 0 Å². The third-order valence-electron chi connectivity index (χ3n) is 7.69. The van der Waals surface area contributed by atoms with E-state index >= 15 is 0 Å². The second-order valence-corrected chi connectivity index (χ2v) is 11.4. The molecule has 49 heavy (non-hydrogen) atoms. The summed E-state index contributed by atoms with van der Waals surface area (Å²) in [4.78, 5) is 65.0. The zero-order valence-electron chi connectivity index (χ0n) is 26.4. The lowest BCUT2D eigenvalue weighted by atomic mass is 10.2. The summed E-state index contributed by atoms with van der Waals surface area (Å²) in [6.45, 7) is 2.66. The second kappa shape index (κ2) is 13.2. The van der Waals surface area contributed by atoms with E-state index in [1.165, 1.54) is 18.7 Å². The average molecular weight is 659 g/mol. The number of likely N-dealkylation sites (N-methyl/N-ethyl adjacent to an activating group) is 1. The number of anilines is 4. The number of hydrogen-bond donors (Lipinski definition) is 6. The van der Waals surface area contributed by atoms with Crippen molar-refractivity contribution in [2.24, 2.45) is 9.98 Å². The number of fused-ring (bicyclic) bond motifs is 4. The van der Waals surface area contributed by atoms with E-state index in [9.17, 15) is 9.59 Å². The molecular weight excluding hydrogens is 628 g/mol. The highest BCUT2D eigenvalue weighted by atomic mass is 16.4. The van der Waals surface area contributed by atoms with E-state index in [0.29, 0.717) is 65.3 Å². The van der Waals surface area contributed by atoms with Gasteiger partial charge in [-0.2, -0.15) is 0 Å². The van der Waals surface area contributed by atoms with Crippen molar-refractivity contribution in [3.63, 3.8) is 0 Å². The highest BCUT2D eigenvalue weighted by Crippen LogP contribution is 2.26. The Kier molecular flexibility index (Phi) is 8.38. The van der Waals surface area contributed by atoms with Crippen LogP contribution in [0.25, 0.3) is 22.1 Å². The monoisotopic (exact) mass is 658 g/mol. The predicted octanol–water partition coefficient (Wildman–Crippen LogP) is 3.05. The minimum atomic E-state index is -1.05. The quantitative estimate of drug-likeness (QED) is 0.132. The number of aromatic amines is 2. The largest absolute Gasteiger partial charge is 0.477 e. The zero-order valence-corrected chi connectivity index (χ0v) is 26.4. The highest BCUT2D eigenvalue weighted by Gasteiger charge is 2.16. The maximum absolute atomic E-state index is 12.3. The number of carbonyl (C=O) groups excluding carboxylic acids is 1. The van der Waals surface area contributed by atoms with Crippen LogP contribution in [0.3, 0.4) is 0 Å². The number of carboxylic acid groups (broad SMARTS) is 1. The molecule has 0 saturated heterocycles. The molecule has 0 unspecified atom stereocenters. The number of pyridine rings is 2. The molecule has 246 valence electrons. The molecule has 6 aromatic rings. The van der Waals surface area contributed by atoms with Crippen LogP contribution in [-0.2, 0) is 13.1 Å². The Hall–Kier alpha value is -6.62. The first kappa shape index (κ1) is 31.0. The Labute approximate surface area is 278 Å². The van der Waals surface area contributed by atoms with E-state index in [0.717, 1.165) is 34.2 Å². The molecule has 2 aliphatic heterocycles. The minimum Gasteiger partial charge on any atom is -0.477 e. The van der Waals surface area contributed by atoms with Gasteiger partial charge in [0.25, 0.3) is 5.91 Å². The van der Waals surface area contributed by atoms with Gasteiger partial charge in [0.1, 0.15) is 58.6 Å². The average Bonchev–Trinajstić information content (AvgIpc) is 3.90. The molecule has 0 aromatic carbocycles. The summed E-state index contributed by atoms with van der Waals surface area (Å²) in [6, 6.07) is 7.05. The van der Waals surface area contributed by atoms with Gasteiger partial charge in [0.05, 0.1) is 23.9 Å². The molecule has 8 rings (SSSR count). The lowest BCUT2D eigenvalue weighted by molar-refractivity contribution is 0.0691. The summed E-state index contributed by atoms with van der Waals surface area (Å²) in [5.41, 5.74) is 5.80. The second-order valence-electron chi connectivity index (χ2n) is 11.4. The molecule has 17 heteroatoms. The Morgan fingerprint density at radius 2 is 1.29 bits per heavy atom. The van der Waals surface area contributed by atoms with Crippen molar-refractivity contribution in [1.29, 1.82) is 0 Å². The smallest absolute Gasteiger partial charge is 0.352 e. The van der Waals surface area contributed by atoms with Gasteiger partial charge in [0.2, 0.25) is 0 Å². The van der Waals surface area contributed by atoms with Crippen molar-refractivity contribution in [3.8, 4) is 0 Å². The number of nitrogens with one attached hydrogen (secondary N) is 5. The third kappa shape index (κ3) is 6.77. The van der Waals surface area contributed by atoms with E-state index in [1.807, 2.05) is 43.5 Å². The number of H-pyrrole nitrogens is 2. The van der Waals surface area contributed by atoms with E-state index in [-0.39, 0.29) is 11.6 Å². The Morgan fingerprint density at radius 1 is 0.755 bits per heavy atom. The van der Waals surface area contributed by atoms with E-state index in [4.69, 9.17) is 5.11 Å². The standard InChI is InChI=1S/C18H20N8O.C14H10N6O2/c1-26(2)4-3-20-18(27)14-6-13-16(24-14)22-10-23-17(13)25-15-5-11-7-19-8-12(11)9-21-15;21-14(22)10-2-9-12(19-10)17-6-18-13(9)20-11-1-7-3-15-4-8(7)5-16-11/h5-7,9-10H,3-4,8H2,1-2H3,(H,20,27)(H2,21,22,23,24,25);1-3,5-6H,4H2,(H,21,22)(H2,16,17,18,19,20). The number of rotatable bonds is 9. The van der Waals surface area contributed by atoms with Gasteiger partial charge >= 0.3 is 5.97 Å². The van der Waals surface area contributed by atoms with Crippen molar-refractivity contribution >= 4 is 69.6 Å². The SMILES string of the molecule is CN(C)CCNC(=O)c1cc2c(Nc3cc4c(cn3)CN=C4)ncnc2[nH]1.O=C(O)c1cc2c(Nc3cc4c(cn3)CN=C4)ncnc2[nH]1. The Balaban J connectivity index is 0.000000157. The molecule has 0 bridgehead atoms. The number of aliphatic imine (C=N–C) groups is 2. The predicted molar refractivity (Wildman–Crippen MR) is 183 cm³/mol. The molecule has 17 nitrogen and oxygen atoms in total. The number of aromatic nitrogens is 8. The maximum Gasteiger partial charge on any atom is 0.352 e. The van der Waals surface area contributed by atoms with Crippen LogP contribution in [-0.4, -0.2) is 101 Å². The summed E-state index contributed by atoms with van der Waals surface area (Å²) in [7, 11) is 3.92. The highest BCUT2D eigenvalue weighted by molar-refractivity contribution is 6.00. The van der Waals surface area contributed by atoms with Gasteiger partial charge in [-0.1, -0.05) is 0 Å². The topological polar surface area (TPSA) is 227 Å². The van der Waals surface area contributed by atoms with Crippen molar-refractivity contribution in [2.75, 3.05) is 37.8 Å². The molecule has 0 aliphatic carbocycles. The van der Waals surface area contributed by atoms with E-state index in [2.05, 4.69) is 65.8 Å². The van der Waals surface area contributed by atoms with Gasteiger partial charge < -0.3 is 35.9 Å².